The zero-order valence-electron chi connectivity index (χ0n) is 19.0. The molecule has 1 aliphatic rings. The molecule has 1 N–H and O–H groups in total. The Labute approximate surface area is 207 Å². The van der Waals surface area contributed by atoms with Crippen molar-refractivity contribution in [2.45, 2.75) is 25.7 Å². The fourth-order valence-electron chi connectivity index (χ4n) is 3.76. The van der Waals surface area contributed by atoms with E-state index in [1.54, 1.807) is 19.1 Å². The highest BCUT2D eigenvalue weighted by molar-refractivity contribution is 6.62. The molecule has 0 bridgehead atoms. The summed E-state index contributed by atoms with van der Waals surface area (Å²) in [6.07, 6.45) is -9.83. The van der Waals surface area contributed by atoms with Crippen LogP contribution in [0.1, 0.15) is 29.7 Å². The predicted octanol–water partition coefficient (Wildman–Crippen LogP) is 6.68. The van der Waals surface area contributed by atoms with Crippen molar-refractivity contribution >= 4 is 22.9 Å². The smallest absolute Gasteiger partial charge is 0.406 e. The Balaban J connectivity index is 1.83. The van der Waals surface area contributed by atoms with Crippen LogP contribution < -0.4 is 14.8 Å². The maximum absolute atomic E-state index is 13.0. The molecule has 0 unspecified atom stereocenters. The van der Waals surface area contributed by atoms with Gasteiger partial charge in [-0.15, -0.1) is 26.3 Å². The normalized spacial score (nSPS) is 16.1. The van der Waals surface area contributed by atoms with Crippen molar-refractivity contribution < 1.29 is 40.6 Å². The van der Waals surface area contributed by atoms with Crippen LogP contribution in [0.25, 0.3) is 11.3 Å². The molecular formula is C26H18F6N2O3. The lowest BCUT2D eigenvalue weighted by Gasteiger charge is -2.13. The lowest BCUT2D eigenvalue weighted by atomic mass is 9.97. The summed E-state index contributed by atoms with van der Waals surface area (Å²) in [6, 6.07) is 18.3. The number of aliphatic imine (C=N–C) groups is 1. The Bertz CT molecular complexity index is 1350. The number of carbonyl (C=O) groups is 1. The first kappa shape index (κ1) is 25.8. The third-order valence-electron chi connectivity index (χ3n) is 5.28. The molecule has 3 aromatic rings. The van der Waals surface area contributed by atoms with Crippen LogP contribution in [-0.4, -0.2) is 24.3 Å². The van der Waals surface area contributed by atoms with Crippen LogP contribution in [0.5, 0.6) is 11.5 Å². The summed E-state index contributed by atoms with van der Waals surface area (Å²) in [6.45, 7) is 1.75. The summed E-state index contributed by atoms with van der Waals surface area (Å²) in [5.41, 5.74) is 1.57. The van der Waals surface area contributed by atoms with Crippen molar-refractivity contribution in [3.63, 3.8) is 0 Å². The Morgan fingerprint density at radius 2 is 1.38 bits per heavy atom. The molecule has 192 valence electrons. The molecule has 1 heterocycles. The molecule has 37 heavy (non-hydrogen) atoms. The predicted molar refractivity (Wildman–Crippen MR) is 123 cm³/mol. The molecule has 0 aliphatic carbocycles. The Hall–Kier alpha value is -4.28. The number of alkyl halides is 6. The number of ether oxygens (including phenoxy) is 2. The number of hydrogen-bond donors (Lipinski definition) is 1. The second-order valence-corrected chi connectivity index (χ2v) is 7.92. The summed E-state index contributed by atoms with van der Waals surface area (Å²) < 4.78 is 84.0. The standard InChI is InChI=1S/C26H18F6N2O3/c1-15(16-6-3-2-4-7-16)33-23-21(17-10-12-19(13-11-17)36-25(27,28)29)22(34-24(23)35)18-8-5-9-20(14-18)37-26(30,31)32/h2-15H,1H3,(H,33,34,35)/t15-/m1/s1. The number of halogens is 6. The molecule has 0 spiro atoms. The zero-order valence-corrected chi connectivity index (χ0v) is 19.0. The minimum atomic E-state index is -4.93. The van der Waals surface area contributed by atoms with E-state index in [-0.39, 0.29) is 22.5 Å². The summed E-state index contributed by atoms with van der Waals surface area (Å²) in [4.78, 5) is 17.6. The van der Waals surface area contributed by atoms with Crippen LogP contribution in [0.4, 0.5) is 26.3 Å². The molecule has 11 heteroatoms. The molecule has 1 amide bonds. The SMILES string of the molecule is C[C@@H](N=C1C(=O)NC(c2cccc(OC(F)(F)F)c2)=C1c1ccc(OC(F)(F)F)cc1)c1ccccc1. The van der Waals surface area contributed by atoms with Gasteiger partial charge >= 0.3 is 12.7 Å². The van der Waals surface area contributed by atoms with Gasteiger partial charge in [0, 0.05) is 11.1 Å². The van der Waals surface area contributed by atoms with Gasteiger partial charge in [-0.2, -0.15) is 0 Å². The molecule has 0 saturated heterocycles. The number of amides is 1. The van der Waals surface area contributed by atoms with Crippen molar-refractivity contribution in [2.24, 2.45) is 4.99 Å². The van der Waals surface area contributed by atoms with E-state index in [0.29, 0.717) is 5.56 Å². The van der Waals surface area contributed by atoms with Crippen LogP contribution in [0.15, 0.2) is 83.9 Å². The van der Waals surface area contributed by atoms with E-state index >= 15 is 0 Å². The maximum atomic E-state index is 13.0. The van der Waals surface area contributed by atoms with E-state index in [0.717, 1.165) is 29.8 Å². The topological polar surface area (TPSA) is 59.9 Å². The first-order valence-corrected chi connectivity index (χ1v) is 10.8. The molecule has 0 saturated carbocycles. The highest BCUT2D eigenvalue weighted by atomic mass is 19.4. The molecule has 3 aromatic carbocycles. The van der Waals surface area contributed by atoms with Gasteiger partial charge in [-0.05, 0) is 42.3 Å². The van der Waals surface area contributed by atoms with Gasteiger partial charge in [0.2, 0.25) is 0 Å². The van der Waals surface area contributed by atoms with Gasteiger partial charge in [0.15, 0.2) is 0 Å². The molecule has 4 rings (SSSR count). The van der Waals surface area contributed by atoms with Gasteiger partial charge < -0.3 is 14.8 Å². The first-order chi connectivity index (χ1) is 17.4. The number of nitrogens with one attached hydrogen (secondary N) is 1. The van der Waals surface area contributed by atoms with E-state index in [2.05, 4.69) is 19.8 Å². The highest BCUT2D eigenvalue weighted by Crippen LogP contribution is 2.35. The maximum Gasteiger partial charge on any atom is 0.573 e. The van der Waals surface area contributed by atoms with Crippen LogP contribution >= 0.6 is 0 Å². The second kappa shape index (κ2) is 10.00. The summed E-state index contributed by atoms with van der Waals surface area (Å²) >= 11 is 0. The summed E-state index contributed by atoms with van der Waals surface area (Å²) in [5, 5.41) is 2.63. The molecular weight excluding hydrogens is 502 g/mol. The Kier molecular flexibility index (Phi) is 6.97. The minimum absolute atomic E-state index is 0.0296. The number of hydrogen-bond acceptors (Lipinski definition) is 4. The lowest BCUT2D eigenvalue weighted by Crippen LogP contribution is -2.22. The largest absolute Gasteiger partial charge is 0.573 e. The minimum Gasteiger partial charge on any atom is -0.406 e. The average Bonchev–Trinajstić information content (AvgIpc) is 3.14. The highest BCUT2D eigenvalue weighted by Gasteiger charge is 2.34. The van der Waals surface area contributed by atoms with E-state index in [1.165, 1.54) is 24.3 Å². The van der Waals surface area contributed by atoms with Crippen LogP contribution in [0.3, 0.4) is 0 Å². The van der Waals surface area contributed by atoms with Gasteiger partial charge in [-0.3, -0.25) is 9.79 Å². The number of benzene rings is 3. The molecule has 5 nitrogen and oxygen atoms in total. The molecule has 0 aromatic heterocycles. The van der Waals surface area contributed by atoms with Crippen LogP contribution in [0, 0.1) is 0 Å². The molecule has 1 atom stereocenters. The van der Waals surface area contributed by atoms with E-state index in [4.69, 9.17) is 0 Å². The van der Waals surface area contributed by atoms with Crippen molar-refractivity contribution in [2.75, 3.05) is 0 Å². The van der Waals surface area contributed by atoms with Gasteiger partial charge in [0.25, 0.3) is 5.91 Å². The summed E-state index contributed by atoms with van der Waals surface area (Å²) in [7, 11) is 0. The van der Waals surface area contributed by atoms with Crippen molar-refractivity contribution in [1.29, 1.82) is 0 Å². The fourth-order valence-corrected chi connectivity index (χ4v) is 3.76. The van der Waals surface area contributed by atoms with Gasteiger partial charge in [-0.25, -0.2) is 0 Å². The Morgan fingerprint density at radius 3 is 2.00 bits per heavy atom. The number of carbonyl (C=O) groups excluding carboxylic acids is 1. The Morgan fingerprint density at radius 1 is 0.757 bits per heavy atom. The summed E-state index contributed by atoms with van der Waals surface area (Å²) in [5.74, 6) is -1.61. The van der Waals surface area contributed by atoms with E-state index in [1.807, 2.05) is 18.2 Å². The number of rotatable bonds is 6. The molecule has 0 radical (unpaired) electrons. The third kappa shape index (κ3) is 6.49. The van der Waals surface area contributed by atoms with Crippen molar-refractivity contribution in [3.8, 4) is 11.5 Å². The van der Waals surface area contributed by atoms with Gasteiger partial charge in [0.1, 0.15) is 17.2 Å². The second-order valence-electron chi connectivity index (χ2n) is 7.92. The van der Waals surface area contributed by atoms with Crippen LogP contribution in [0.2, 0.25) is 0 Å². The monoisotopic (exact) mass is 520 g/mol. The number of nitrogens with zero attached hydrogens (tertiary/aromatic N) is 1. The quantitative estimate of drug-likeness (QED) is 0.369. The van der Waals surface area contributed by atoms with Crippen molar-refractivity contribution in [1.82, 2.24) is 5.32 Å². The van der Waals surface area contributed by atoms with Crippen LogP contribution in [-0.2, 0) is 4.79 Å². The van der Waals surface area contributed by atoms with E-state index < -0.39 is 36.2 Å². The third-order valence-corrected chi connectivity index (χ3v) is 5.28. The van der Waals surface area contributed by atoms with Gasteiger partial charge in [-0.1, -0.05) is 54.6 Å². The fraction of sp³-hybridized carbons (Fsp3) is 0.154. The zero-order chi connectivity index (χ0) is 26.8. The van der Waals surface area contributed by atoms with Gasteiger partial charge in [0.05, 0.1) is 11.7 Å². The first-order valence-electron chi connectivity index (χ1n) is 10.8. The van der Waals surface area contributed by atoms with Crippen molar-refractivity contribution in [3.05, 3.63) is 95.6 Å². The average molecular weight is 520 g/mol. The van der Waals surface area contributed by atoms with E-state index in [9.17, 15) is 31.1 Å². The molecule has 0 fully saturated rings. The molecule has 1 aliphatic heterocycles. The lowest BCUT2D eigenvalue weighted by molar-refractivity contribution is -0.275.